The Labute approximate surface area is 177 Å². The molecule has 2 amide bonds. The maximum atomic E-state index is 13.1. The third-order valence-corrected chi connectivity index (χ3v) is 6.38. The summed E-state index contributed by atoms with van der Waals surface area (Å²) < 4.78 is 13.1. The Kier molecular flexibility index (Phi) is 5.81. The van der Waals surface area contributed by atoms with Crippen LogP contribution in [0.1, 0.15) is 22.5 Å². The summed E-state index contributed by atoms with van der Waals surface area (Å²) in [5.74, 6) is -0.646. The molecule has 30 heavy (non-hydrogen) atoms. The van der Waals surface area contributed by atoms with Crippen LogP contribution in [0.4, 0.5) is 10.1 Å². The number of nitrogens with one attached hydrogen (secondary N) is 1. The van der Waals surface area contributed by atoms with Crippen LogP contribution in [0, 0.1) is 11.7 Å². The molecule has 1 saturated heterocycles. The number of carbonyl (C=O) groups is 2. The van der Waals surface area contributed by atoms with E-state index in [9.17, 15) is 19.1 Å². The van der Waals surface area contributed by atoms with Gasteiger partial charge in [-0.2, -0.15) is 0 Å². The average molecular weight is 424 g/mol. The van der Waals surface area contributed by atoms with Crippen molar-refractivity contribution in [3.8, 4) is 16.2 Å². The van der Waals surface area contributed by atoms with Crippen molar-refractivity contribution in [2.24, 2.45) is 5.92 Å². The van der Waals surface area contributed by atoms with Gasteiger partial charge < -0.3 is 15.3 Å². The molecule has 154 valence electrons. The van der Waals surface area contributed by atoms with Crippen molar-refractivity contribution in [3.05, 3.63) is 71.4 Å². The third kappa shape index (κ3) is 4.36. The molecule has 2 N–H and O–H groups in total. The van der Waals surface area contributed by atoms with Gasteiger partial charge in [0, 0.05) is 23.9 Å². The number of rotatable bonds is 4. The van der Waals surface area contributed by atoms with Crippen LogP contribution in [0.5, 0.6) is 5.75 Å². The molecule has 0 aliphatic carbocycles. The van der Waals surface area contributed by atoms with Crippen molar-refractivity contribution in [2.45, 2.75) is 12.8 Å². The molecule has 3 aromatic rings. The Morgan fingerprint density at radius 2 is 1.70 bits per heavy atom. The van der Waals surface area contributed by atoms with Gasteiger partial charge in [-0.3, -0.25) is 9.59 Å². The maximum absolute atomic E-state index is 13.1. The standard InChI is InChI=1S/C23H21FN2O3S/c24-17-7-5-15(6-8-17)20-9-10-21(30-20)23(29)26-13-11-16(12-14-26)22(28)25-18-3-1-2-4-19(18)27/h1-10,16,27H,11-14H2,(H,25,28). The van der Waals surface area contributed by atoms with E-state index in [4.69, 9.17) is 0 Å². The summed E-state index contributed by atoms with van der Waals surface area (Å²) in [6, 6.07) is 16.5. The molecule has 0 unspecified atom stereocenters. The molecule has 1 aliphatic heterocycles. The van der Waals surface area contributed by atoms with E-state index < -0.39 is 0 Å². The molecule has 2 heterocycles. The zero-order valence-corrected chi connectivity index (χ0v) is 17.0. The molecular formula is C23H21FN2O3S. The predicted octanol–water partition coefficient (Wildman–Crippen LogP) is 4.75. The second kappa shape index (κ2) is 8.67. The topological polar surface area (TPSA) is 69.6 Å². The summed E-state index contributed by atoms with van der Waals surface area (Å²) in [7, 11) is 0. The van der Waals surface area contributed by atoms with E-state index >= 15 is 0 Å². The lowest BCUT2D eigenvalue weighted by atomic mass is 9.95. The fourth-order valence-corrected chi connectivity index (χ4v) is 4.52. The number of benzene rings is 2. The van der Waals surface area contributed by atoms with Crippen molar-refractivity contribution in [1.29, 1.82) is 0 Å². The maximum Gasteiger partial charge on any atom is 0.263 e. The first kappa shape index (κ1) is 20.1. The quantitative estimate of drug-likeness (QED) is 0.594. The lowest BCUT2D eigenvalue weighted by Crippen LogP contribution is -2.41. The van der Waals surface area contributed by atoms with Crippen LogP contribution in [0.15, 0.2) is 60.7 Å². The van der Waals surface area contributed by atoms with Gasteiger partial charge in [-0.05, 0) is 54.8 Å². The number of thiophene rings is 1. The van der Waals surface area contributed by atoms with Gasteiger partial charge in [0.2, 0.25) is 5.91 Å². The van der Waals surface area contributed by atoms with Gasteiger partial charge in [-0.15, -0.1) is 11.3 Å². The number of likely N-dealkylation sites (tertiary alicyclic amines) is 1. The summed E-state index contributed by atoms with van der Waals surface area (Å²) in [5, 5.41) is 12.6. The van der Waals surface area contributed by atoms with Gasteiger partial charge in [-0.1, -0.05) is 24.3 Å². The molecule has 2 aromatic carbocycles. The smallest absolute Gasteiger partial charge is 0.263 e. The van der Waals surface area contributed by atoms with Gasteiger partial charge in [0.25, 0.3) is 5.91 Å². The van der Waals surface area contributed by atoms with E-state index in [-0.39, 0.29) is 29.3 Å². The molecular weight excluding hydrogens is 403 g/mol. The minimum absolute atomic E-state index is 0.0353. The van der Waals surface area contributed by atoms with Gasteiger partial charge in [0.1, 0.15) is 11.6 Å². The van der Waals surface area contributed by atoms with Crippen LogP contribution in [0.2, 0.25) is 0 Å². The Hall–Kier alpha value is -3.19. The number of phenols is 1. The van der Waals surface area contributed by atoms with Gasteiger partial charge in [0.05, 0.1) is 10.6 Å². The van der Waals surface area contributed by atoms with Crippen molar-refractivity contribution in [2.75, 3.05) is 18.4 Å². The third-order valence-electron chi connectivity index (χ3n) is 5.26. The predicted molar refractivity (Wildman–Crippen MR) is 115 cm³/mol. The first-order chi connectivity index (χ1) is 14.5. The molecule has 0 bridgehead atoms. The Bertz CT molecular complexity index is 1060. The lowest BCUT2D eigenvalue weighted by molar-refractivity contribution is -0.121. The van der Waals surface area contributed by atoms with Crippen LogP contribution >= 0.6 is 11.3 Å². The van der Waals surface area contributed by atoms with E-state index in [0.29, 0.717) is 36.5 Å². The highest BCUT2D eigenvalue weighted by atomic mass is 32.1. The van der Waals surface area contributed by atoms with Gasteiger partial charge >= 0.3 is 0 Å². The van der Waals surface area contributed by atoms with Crippen LogP contribution in [0.25, 0.3) is 10.4 Å². The molecule has 0 saturated carbocycles. The van der Waals surface area contributed by atoms with E-state index in [2.05, 4.69) is 5.32 Å². The van der Waals surface area contributed by atoms with Crippen LogP contribution < -0.4 is 5.32 Å². The number of aromatic hydroxyl groups is 1. The molecule has 1 fully saturated rings. The Morgan fingerprint density at radius 3 is 2.40 bits per heavy atom. The van der Waals surface area contributed by atoms with Crippen molar-refractivity contribution in [3.63, 3.8) is 0 Å². The van der Waals surface area contributed by atoms with Crippen LogP contribution in [-0.4, -0.2) is 34.9 Å². The van der Waals surface area contributed by atoms with Crippen molar-refractivity contribution in [1.82, 2.24) is 4.90 Å². The number of para-hydroxylation sites is 2. The molecule has 5 nitrogen and oxygen atoms in total. The summed E-state index contributed by atoms with van der Waals surface area (Å²) in [6.45, 7) is 1.00. The minimum atomic E-state index is -0.291. The number of piperidine rings is 1. The fourth-order valence-electron chi connectivity index (χ4n) is 3.54. The number of carbonyl (C=O) groups excluding carboxylic acids is 2. The number of amides is 2. The van der Waals surface area contributed by atoms with E-state index in [0.717, 1.165) is 10.4 Å². The summed E-state index contributed by atoms with van der Waals surface area (Å²) in [5.41, 5.74) is 1.27. The first-order valence-corrected chi connectivity index (χ1v) is 10.6. The number of hydrogen-bond donors (Lipinski definition) is 2. The zero-order valence-electron chi connectivity index (χ0n) is 16.2. The highest BCUT2D eigenvalue weighted by Gasteiger charge is 2.28. The largest absolute Gasteiger partial charge is 0.506 e. The molecule has 0 radical (unpaired) electrons. The second-order valence-corrected chi connectivity index (χ2v) is 8.33. The monoisotopic (exact) mass is 424 g/mol. The van der Waals surface area contributed by atoms with E-state index in [1.54, 1.807) is 41.3 Å². The average Bonchev–Trinajstić information content (AvgIpc) is 3.26. The van der Waals surface area contributed by atoms with E-state index in [1.807, 2.05) is 6.07 Å². The molecule has 1 aliphatic rings. The number of halogens is 1. The summed E-state index contributed by atoms with van der Waals surface area (Å²) >= 11 is 1.38. The van der Waals surface area contributed by atoms with Crippen molar-refractivity contribution < 1.29 is 19.1 Å². The molecule has 4 rings (SSSR count). The number of hydrogen-bond acceptors (Lipinski definition) is 4. The highest BCUT2D eigenvalue weighted by Crippen LogP contribution is 2.30. The lowest BCUT2D eigenvalue weighted by Gasteiger charge is -2.31. The minimum Gasteiger partial charge on any atom is -0.506 e. The Balaban J connectivity index is 1.35. The SMILES string of the molecule is O=C(Nc1ccccc1O)C1CCN(C(=O)c2ccc(-c3ccc(F)cc3)s2)CC1. The Morgan fingerprint density at radius 1 is 1.00 bits per heavy atom. The van der Waals surface area contributed by atoms with Crippen LogP contribution in [-0.2, 0) is 4.79 Å². The van der Waals surface area contributed by atoms with Crippen molar-refractivity contribution >= 4 is 28.8 Å². The number of anilines is 1. The molecule has 0 atom stereocenters. The molecule has 7 heteroatoms. The van der Waals surface area contributed by atoms with Gasteiger partial charge in [0.15, 0.2) is 0 Å². The van der Waals surface area contributed by atoms with E-state index in [1.165, 1.54) is 29.5 Å². The molecule has 0 spiro atoms. The zero-order chi connectivity index (χ0) is 21.1. The number of nitrogens with zero attached hydrogens (tertiary/aromatic N) is 1. The first-order valence-electron chi connectivity index (χ1n) is 9.75. The normalized spacial score (nSPS) is 14.5. The summed E-state index contributed by atoms with van der Waals surface area (Å²) in [4.78, 5) is 28.7. The van der Waals surface area contributed by atoms with Gasteiger partial charge in [-0.25, -0.2) is 4.39 Å². The number of phenolic OH excluding ortho intramolecular Hbond substituents is 1. The fraction of sp³-hybridized carbons (Fsp3) is 0.217. The van der Waals surface area contributed by atoms with Crippen LogP contribution in [0.3, 0.4) is 0 Å². The molecule has 1 aromatic heterocycles. The second-order valence-electron chi connectivity index (χ2n) is 7.24. The summed E-state index contributed by atoms with van der Waals surface area (Å²) in [6.07, 6.45) is 1.14. The highest BCUT2D eigenvalue weighted by molar-refractivity contribution is 7.17.